The van der Waals surface area contributed by atoms with Crippen molar-refractivity contribution < 1.29 is 13.9 Å². The molecule has 21 heavy (non-hydrogen) atoms. The van der Waals surface area contributed by atoms with Crippen LogP contribution >= 0.6 is 24.8 Å². The number of piperazine rings is 1. The van der Waals surface area contributed by atoms with Gasteiger partial charge in [-0.05, 0) is 17.7 Å². The van der Waals surface area contributed by atoms with Crippen LogP contribution in [0.25, 0.3) is 0 Å². The zero-order valence-corrected chi connectivity index (χ0v) is 13.4. The first-order valence-corrected chi connectivity index (χ1v) is 6.79. The molecule has 7 heteroatoms. The van der Waals surface area contributed by atoms with E-state index < -0.39 is 0 Å². The second-order valence-corrected chi connectivity index (χ2v) is 4.86. The summed E-state index contributed by atoms with van der Waals surface area (Å²) in [6.07, 6.45) is 0. The minimum absolute atomic E-state index is 0. The van der Waals surface area contributed by atoms with E-state index in [1.807, 2.05) is 18.2 Å². The van der Waals surface area contributed by atoms with Crippen LogP contribution in [-0.4, -0.2) is 51.0 Å². The van der Waals surface area contributed by atoms with Crippen molar-refractivity contribution >= 4 is 24.8 Å². The number of halogens is 3. The Morgan fingerprint density at radius 3 is 2.43 bits per heavy atom. The molecule has 1 aromatic rings. The highest BCUT2D eigenvalue weighted by Gasteiger charge is 2.23. The van der Waals surface area contributed by atoms with Crippen molar-refractivity contribution in [3.8, 4) is 11.5 Å². The molecule has 3 rings (SSSR count). The van der Waals surface area contributed by atoms with Gasteiger partial charge in [0.15, 0.2) is 11.5 Å². The highest BCUT2D eigenvalue weighted by atomic mass is 35.5. The number of hydrogen-bond acceptors (Lipinski definition) is 4. The molecule has 0 amide bonds. The summed E-state index contributed by atoms with van der Waals surface area (Å²) < 4.78 is 24.5. The minimum Gasteiger partial charge on any atom is -0.486 e. The zero-order valence-electron chi connectivity index (χ0n) is 11.7. The molecule has 0 aromatic heterocycles. The molecule has 1 aromatic carbocycles. The molecule has 2 aliphatic heterocycles. The summed E-state index contributed by atoms with van der Waals surface area (Å²) in [6.45, 7) is 4.36. The third-order valence-corrected chi connectivity index (χ3v) is 3.69. The van der Waals surface area contributed by atoms with Crippen LogP contribution < -0.4 is 14.8 Å². The molecule has 0 bridgehead atoms. The smallest absolute Gasteiger partial charge is 0.161 e. The van der Waals surface area contributed by atoms with Crippen molar-refractivity contribution in [3.63, 3.8) is 0 Å². The largest absolute Gasteiger partial charge is 0.486 e. The van der Waals surface area contributed by atoms with E-state index in [9.17, 15) is 4.39 Å². The average molecular weight is 339 g/mol. The van der Waals surface area contributed by atoms with Crippen molar-refractivity contribution in [2.24, 2.45) is 0 Å². The number of ether oxygens (including phenoxy) is 2. The summed E-state index contributed by atoms with van der Waals surface area (Å²) in [7, 11) is 0. The fraction of sp³-hybridized carbons (Fsp3) is 0.571. The van der Waals surface area contributed by atoms with E-state index in [1.165, 1.54) is 0 Å². The Bertz CT molecular complexity index is 445. The number of hydrogen-bond donors (Lipinski definition) is 1. The molecule has 0 spiro atoms. The average Bonchev–Trinajstić information content (AvgIpc) is 2.49. The normalized spacial score (nSPS) is 19.1. The van der Waals surface area contributed by atoms with E-state index in [-0.39, 0.29) is 37.5 Å². The van der Waals surface area contributed by atoms with Gasteiger partial charge in [0.2, 0.25) is 0 Å². The predicted octanol–water partition coefficient (Wildman–Crippen LogP) is 2.22. The van der Waals surface area contributed by atoms with Gasteiger partial charge in [0.1, 0.15) is 19.9 Å². The van der Waals surface area contributed by atoms with E-state index >= 15 is 0 Å². The summed E-state index contributed by atoms with van der Waals surface area (Å²) in [5, 5.41) is 3.29. The lowest BCUT2D eigenvalue weighted by Crippen LogP contribution is -2.45. The highest BCUT2D eigenvalue weighted by molar-refractivity contribution is 5.85. The number of alkyl halides is 1. The van der Waals surface area contributed by atoms with Gasteiger partial charge in [0.05, 0.1) is 6.04 Å². The zero-order chi connectivity index (χ0) is 13.1. The van der Waals surface area contributed by atoms with Crippen LogP contribution in [-0.2, 0) is 0 Å². The molecule has 120 valence electrons. The Labute approximate surface area is 136 Å². The van der Waals surface area contributed by atoms with Gasteiger partial charge in [-0.15, -0.1) is 24.8 Å². The summed E-state index contributed by atoms with van der Waals surface area (Å²) >= 11 is 0. The summed E-state index contributed by atoms with van der Waals surface area (Å²) in [6, 6.07) is 5.56. The van der Waals surface area contributed by atoms with Gasteiger partial charge < -0.3 is 14.8 Å². The number of rotatable bonds is 3. The molecule has 2 aliphatic rings. The fourth-order valence-corrected chi connectivity index (χ4v) is 2.66. The maximum Gasteiger partial charge on any atom is 0.161 e. The standard InChI is InChI=1S/C14H19FN2O2.2ClH/c15-10-12(17-5-3-16-4-6-17)11-1-2-13-14(9-11)19-8-7-18-13;;/h1-2,9,12,16H,3-8,10H2;2*1H/t12-;;/m0../s1. The Morgan fingerprint density at radius 1 is 1.10 bits per heavy atom. The molecule has 1 atom stereocenters. The van der Waals surface area contributed by atoms with E-state index in [0.29, 0.717) is 13.2 Å². The lowest BCUT2D eigenvalue weighted by molar-refractivity contribution is 0.145. The van der Waals surface area contributed by atoms with E-state index in [1.54, 1.807) is 0 Å². The molecule has 0 aliphatic carbocycles. The maximum atomic E-state index is 13.4. The van der Waals surface area contributed by atoms with Gasteiger partial charge in [-0.1, -0.05) is 6.07 Å². The lowest BCUT2D eigenvalue weighted by atomic mass is 10.0. The minimum atomic E-state index is -0.375. The third kappa shape index (κ3) is 4.13. The van der Waals surface area contributed by atoms with Crippen LogP contribution in [0.1, 0.15) is 11.6 Å². The molecule has 0 saturated carbocycles. The van der Waals surface area contributed by atoms with Crippen LogP contribution in [0, 0.1) is 0 Å². The van der Waals surface area contributed by atoms with Crippen LogP contribution in [0.5, 0.6) is 11.5 Å². The SMILES string of the molecule is Cl.Cl.FC[C@@H](c1ccc2c(c1)OCCO2)N1CCNCC1. The first-order valence-electron chi connectivity index (χ1n) is 6.79. The molecule has 1 saturated heterocycles. The lowest BCUT2D eigenvalue weighted by Gasteiger charge is -2.34. The van der Waals surface area contributed by atoms with Crippen molar-refractivity contribution in [2.45, 2.75) is 6.04 Å². The highest BCUT2D eigenvalue weighted by Crippen LogP contribution is 2.34. The fourth-order valence-electron chi connectivity index (χ4n) is 2.66. The molecule has 2 heterocycles. The number of benzene rings is 1. The molecule has 4 nitrogen and oxygen atoms in total. The van der Waals surface area contributed by atoms with Crippen molar-refractivity contribution in [1.82, 2.24) is 10.2 Å². The van der Waals surface area contributed by atoms with Crippen molar-refractivity contribution in [2.75, 3.05) is 46.1 Å². The van der Waals surface area contributed by atoms with E-state index in [4.69, 9.17) is 9.47 Å². The molecule has 0 radical (unpaired) electrons. The van der Waals surface area contributed by atoms with Crippen LogP contribution in [0.2, 0.25) is 0 Å². The van der Waals surface area contributed by atoms with Crippen LogP contribution in [0.15, 0.2) is 18.2 Å². The summed E-state index contributed by atoms with van der Waals surface area (Å²) in [5.41, 5.74) is 0.966. The summed E-state index contributed by atoms with van der Waals surface area (Å²) in [5.74, 6) is 1.49. The van der Waals surface area contributed by atoms with Gasteiger partial charge in [-0.3, -0.25) is 4.90 Å². The molecule has 1 N–H and O–H groups in total. The predicted molar refractivity (Wildman–Crippen MR) is 85.1 cm³/mol. The van der Waals surface area contributed by atoms with E-state index in [2.05, 4.69) is 10.2 Å². The van der Waals surface area contributed by atoms with Gasteiger partial charge in [-0.2, -0.15) is 0 Å². The monoisotopic (exact) mass is 338 g/mol. The topological polar surface area (TPSA) is 33.7 Å². The Balaban J connectivity index is 0.00000110. The van der Waals surface area contributed by atoms with Gasteiger partial charge in [0.25, 0.3) is 0 Å². The first kappa shape index (κ1) is 18.3. The van der Waals surface area contributed by atoms with Gasteiger partial charge in [-0.25, -0.2) is 4.39 Å². The van der Waals surface area contributed by atoms with Gasteiger partial charge >= 0.3 is 0 Å². The second-order valence-electron chi connectivity index (χ2n) is 4.86. The van der Waals surface area contributed by atoms with Crippen molar-refractivity contribution in [1.29, 1.82) is 0 Å². The quantitative estimate of drug-likeness (QED) is 0.916. The Morgan fingerprint density at radius 2 is 1.76 bits per heavy atom. The Kier molecular flexibility index (Phi) is 7.52. The third-order valence-electron chi connectivity index (χ3n) is 3.69. The van der Waals surface area contributed by atoms with Gasteiger partial charge in [0, 0.05) is 26.2 Å². The van der Waals surface area contributed by atoms with Crippen LogP contribution in [0.4, 0.5) is 4.39 Å². The molecule has 1 fully saturated rings. The number of nitrogens with zero attached hydrogens (tertiary/aromatic N) is 1. The van der Waals surface area contributed by atoms with Crippen molar-refractivity contribution in [3.05, 3.63) is 23.8 Å². The maximum absolute atomic E-state index is 13.4. The number of nitrogens with one attached hydrogen (secondary N) is 1. The second kappa shape index (κ2) is 8.63. The summed E-state index contributed by atoms with van der Waals surface area (Å²) in [4.78, 5) is 2.18. The van der Waals surface area contributed by atoms with E-state index in [0.717, 1.165) is 43.2 Å². The first-order chi connectivity index (χ1) is 9.38. The molecule has 0 unspecified atom stereocenters. The van der Waals surface area contributed by atoms with Crippen LogP contribution in [0.3, 0.4) is 0 Å². The molecular weight excluding hydrogens is 318 g/mol. The Hall–Kier alpha value is -0.750. The molecular formula is C14H21Cl2FN2O2. The number of fused-ring (bicyclic) bond motifs is 1.